The number of aromatic nitrogens is 2. The van der Waals surface area contributed by atoms with E-state index in [4.69, 9.17) is 4.74 Å². The van der Waals surface area contributed by atoms with Crippen molar-refractivity contribution in [2.75, 3.05) is 25.2 Å². The first kappa shape index (κ1) is 26.1. The van der Waals surface area contributed by atoms with Crippen LogP contribution in [0, 0.1) is 6.92 Å². The molecule has 1 amide bonds. The molecule has 0 bridgehead atoms. The Hall–Kier alpha value is -3.52. The molecule has 0 spiro atoms. The predicted octanol–water partition coefficient (Wildman–Crippen LogP) is 5.28. The molecular weight excluding hydrogens is 446 g/mol. The maximum Gasteiger partial charge on any atom is 0.416 e. The number of methoxy groups -OCH3 is 1. The zero-order chi connectivity index (χ0) is 25.9. The molecule has 0 aliphatic carbocycles. The molecule has 0 unspecified atom stereocenters. The van der Waals surface area contributed by atoms with Gasteiger partial charge in [-0.05, 0) is 70.4 Å². The Kier molecular flexibility index (Phi) is 7.75. The molecule has 0 atom stereocenters. The monoisotopic (exact) mass is 479 g/mol. The van der Waals surface area contributed by atoms with Crippen molar-refractivity contribution in [3.8, 4) is 11.1 Å². The number of fused-ring (bicyclic) bond motifs is 2. The summed E-state index contributed by atoms with van der Waals surface area (Å²) in [6.45, 7) is 12.0. The van der Waals surface area contributed by atoms with Gasteiger partial charge in [0.2, 0.25) is 0 Å². The van der Waals surface area contributed by atoms with E-state index >= 15 is 0 Å². The molecule has 4 heterocycles. The zero-order valence-corrected chi connectivity index (χ0v) is 21.5. The highest BCUT2D eigenvalue weighted by molar-refractivity contribution is 6.00. The second-order valence-corrected chi connectivity index (χ2v) is 9.35. The Morgan fingerprint density at radius 2 is 1.89 bits per heavy atom. The van der Waals surface area contributed by atoms with Crippen LogP contribution in [-0.2, 0) is 15.9 Å². The summed E-state index contributed by atoms with van der Waals surface area (Å²) in [4.78, 5) is 42.6. The van der Waals surface area contributed by atoms with Gasteiger partial charge in [0, 0.05) is 56.3 Å². The number of nitrogens with zero attached hydrogens (tertiary/aromatic N) is 3. The average molecular weight is 480 g/mol. The van der Waals surface area contributed by atoms with Gasteiger partial charge >= 0.3 is 6.09 Å². The predicted molar refractivity (Wildman–Crippen MR) is 136 cm³/mol. The number of pyridine rings is 2. The van der Waals surface area contributed by atoms with Gasteiger partial charge in [-0.3, -0.25) is 14.5 Å². The van der Waals surface area contributed by atoms with E-state index in [0.717, 1.165) is 35.1 Å². The van der Waals surface area contributed by atoms with E-state index < -0.39 is 11.7 Å². The smallest absolute Gasteiger partial charge is 0.416 e. The fraction of sp³-hybridized carbons (Fsp3) is 0.407. The standard InChI is InChI=1S/C24H25N3O4.C3H8O/c1-14-16(13-28)12-20-18(7-10-26(20)21(14)15(2)29)17-6-9-25-22-19(17)8-11-27(22)23(30)31-24(3,4)5;1-3-4-2/h6-7,9-10,12-13H,8,11H2,1-5H3;3H2,1-2H3. The summed E-state index contributed by atoms with van der Waals surface area (Å²) < 4.78 is 11.9. The third-order valence-electron chi connectivity index (χ3n) is 5.77. The minimum atomic E-state index is -0.595. The van der Waals surface area contributed by atoms with E-state index in [1.807, 2.05) is 50.4 Å². The summed E-state index contributed by atoms with van der Waals surface area (Å²) in [6, 6.07) is 5.64. The van der Waals surface area contributed by atoms with Gasteiger partial charge in [0.05, 0.1) is 11.2 Å². The number of hydrogen-bond donors (Lipinski definition) is 0. The number of carbonyl (C=O) groups is 3. The molecular formula is C27H33N3O5. The highest BCUT2D eigenvalue weighted by Gasteiger charge is 2.32. The van der Waals surface area contributed by atoms with Crippen LogP contribution in [0.3, 0.4) is 0 Å². The van der Waals surface area contributed by atoms with Crippen LogP contribution in [0.25, 0.3) is 16.6 Å². The van der Waals surface area contributed by atoms with Gasteiger partial charge in [0.15, 0.2) is 5.78 Å². The van der Waals surface area contributed by atoms with Crippen molar-refractivity contribution in [1.29, 1.82) is 0 Å². The molecule has 186 valence electrons. The van der Waals surface area contributed by atoms with Crippen molar-refractivity contribution < 1.29 is 23.9 Å². The molecule has 0 saturated carbocycles. The third kappa shape index (κ3) is 5.27. The summed E-state index contributed by atoms with van der Waals surface area (Å²) >= 11 is 0. The fourth-order valence-corrected chi connectivity index (χ4v) is 4.18. The van der Waals surface area contributed by atoms with E-state index in [2.05, 4.69) is 9.72 Å². The van der Waals surface area contributed by atoms with E-state index in [0.29, 0.717) is 35.6 Å². The molecule has 0 aromatic carbocycles. The minimum absolute atomic E-state index is 0.107. The summed E-state index contributed by atoms with van der Waals surface area (Å²) in [5.41, 5.74) is 4.56. The maximum atomic E-state index is 12.7. The van der Waals surface area contributed by atoms with Crippen molar-refractivity contribution in [3.05, 3.63) is 53.0 Å². The molecule has 1 aliphatic rings. The lowest BCUT2D eigenvalue weighted by molar-refractivity contribution is 0.0582. The SMILES string of the molecule is CC(=O)c1c(C)c(C=O)cc2c(-c3ccnc4c3CCN4C(=O)OC(C)(C)C)ccn12.CCOC. The summed E-state index contributed by atoms with van der Waals surface area (Å²) in [5, 5.41) is 0. The van der Waals surface area contributed by atoms with Crippen molar-refractivity contribution in [2.45, 2.75) is 53.6 Å². The van der Waals surface area contributed by atoms with Crippen molar-refractivity contribution >= 4 is 29.5 Å². The number of ketones is 1. The molecule has 3 aromatic heterocycles. The lowest BCUT2D eigenvalue weighted by Crippen LogP contribution is -2.36. The second kappa shape index (κ2) is 10.4. The second-order valence-electron chi connectivity index (χ2n) is 9.35. The number of carbonyl (C=O) groups excluding carboxylic acids is 3. The van der Waals surface area contributed by atoms with E-state index in [-0.39, 0.29) is 5.78 Å². The van der Waals surface area contributed by atoms with Crippen LogP contribution < -0.4 is 4.90 Å². The number of amides is 1. The third-order valence-corrected chi connectivity index (χ3v) is 5.77. The van der Waals surface area contributed by atoms with Crippen LogP contribution in [0.15, 0.2) is 30.6 Å². The van der Waals surface area contributed by atoms with Crippen LogP contribution in [0.5, 0.6) is 0 Å². The molecule has 8 nitrogen and oxygen atoms in total. The molecule has 35 heavy (non-hydrogen) atoms. The molecule has 1 aliphatic heterocycles. The van der Waals surface area contributed by atoms with Crippen LogP contribution in [0.2, 0.25) is 0 Å². The van der Waals surface area contributed by atoms with Crippen LogP contribution >= 0.6 is 0 Å². The Labute approximate surface area is 205 Å². The van der Waals surface area contributed by atoms with Gasteiger partial charge in [-0.25, -0.2) is 9.78 Å². The lowest BCUT2D eigenvalue weighted by atomic mass is 9.99. The van der Waals surface area contributed by atoms with Gasteiger partial charge in [-0.1, -0.05) is 0 Å². The Balaban J connectivity index is 0.000000795. The number of rotatable bonds is 4. The largest absolute Gasteiger partial charge is 0.443 e. The first-order valence-electron chi connectivity index (χ1n) is 11.6. The van der Waals surface area contributed by atoms with Gasteiger partial charge in [-0.2, -0.15) is 0 Å². The van der Waals surface area contributed by atoms with E-state index in [9.17, 15) is 14.4 Å². The van der Waals surface area contributed by atoms with E-state index in [1.165, 1.54) is 6.92 Å². The molecule has 0 N–H and O–H groups in total. The lowest BCUT2D eigenvalue weighted by Gasteiger charge is -2.24. The molecule has 3 aromatic rings. The summed E-state index contributed by atoms with van der Waals surface area (Å²) in [6.07, 6.45) is 4.51. The number of Topliss-reactive ketones (excluding diaryl/α,β-unsaturated/α-hetero) is 1. The number of aldehydes is 1. The summed E-state index contributed by atoms with van der Waals surface area (Å²) in [5.74, 6) is 0.477. The molecule has 0 radical (unpaired) electrons. The number of ether oxygens (including phenoxy) is 2. The first-order valence-corrected chi connectivity index (χ1v) is 11.6. The topological polar surface area (TPSA) is 90.2 Å². The van der Waals surface area contributed by atoms with Crippen LogP contribution in [-0.4, -0.2) is 53.4 Å². The van der Waals surface area contributed by atoms with Crippen molar-refractivity contribution in [1.82, 2.24) is 9.38 Å². The normalized spacial score (nSPS) is 12.7. The Morgan fingerprint density at radius 1 is 1.20 bits per heavy atom. The highest BCUT2D eigenvalue weighted by atomic mass is 16.6. The zero-order valence-electron chi connectivity index (χ0n) is 21.5. The minimum Gasteiger partial charge on any atom is -0.443 e. The number of anilines is 1. The first-order chi connectivity index (χ1) is 16.5. The van der Waals surface area contributed by atoms with Crippen LogP contribution in [0.4, 0.5) is 10.6 Å². The molecule has 8 heteroatoms. The molecule has 0 fully saturated rings. The fourth-order valence-electron chi connectivity index (χ4n) is 4.18. The van der Waals surface area contributed by atoms with Gasteiger partial charge in [-0.15, -0.1) is 0 Å². The average Bonchev–Trinajstić information content (AvgIpc) is 3.41. The van der Waals surface area contributed by atoms with Gasteiger partial charge in [0.1, 0.15) is 17.7 Å². The van der Waals surface area contributed by atoms with E-state index in [1.54, 1.807) is 31.2 Å². The molecule has 4 rings (SSSR count). The van der Waals surface area contributed by atoms with Crippen molar-refractivity contribution in [2.24, 2.45) is 0 Å². The quantitative estimate of drug-likeness (QED) is 0.374. The van der Waals surface area contributed by atoms with Crippen LogP contribution in [0.1, 0.15) is 66.6 Å². The number of hydrogen-bond acceptors (Lipinski definition) is 6. The summed E-state index contributed by atoms with van der Waals surface area (Å²) in [7, 11) is 1.68. The van der Waals surface area contributed by atoms with Crippen molar-refractivity contribution in [3.63, 3.8) is 0 Å². The maximum absolute atomic E-state index is 12.7. The molecule has 0 saturated heterocycles. The van der Waals surface area contributed by atoms with Gasteiger partial charge in [0.25, 0.3) is 0 Å². The Bertz CT molecular complexity index is 1270. The van der Waals surface area contributed by atoms with Gasteiger partial charge < -0.3 is 13.9 Å². The Morgan fingerprint density at radius 3 is 2.46 bits per heavy atom. The highest BCUT2D eigenvalue weighted by Crippen LogP contribution is 2.38.